The van der Waals surface area contributed by atoms with E-state index in [0.717, 1.165) is 18.1 Å². The molecule has 0 spiro atoms. The Morgan fingerprint density at radius 2 is 2.07 bits per heavy atom. The number of hydrogen-bond acceptors (Lipinski definition) is 2. The fraction of sp³-hybridized carbons (Fsp3) is 0.667. The molecule has 1 aliphatic rings. The molecular weight excluding hydrogens is 174 g/mol. The number of hydrogen-bond donors (Lipinski definition) is 1. The Morgan fingerprint density at radius 3 is 2.43 bits per heavy atom. The highest BCUT2D eigenvalue weighted by Crippen LogP contribution is 2.64. The fourth-order valence-corrected chi connectivity index (χ4v) is 2.76. The van der Waals surface area contributed by atoms with Crippen LogP contribution in [0.1, 0.15) is 36.8 Å². The lowest BCUT2D eigenvalue weighted by atomic mass is 10.0. The lowest BCUT2D eigenvalue weighted by Gasteiger charge is -2.00. The van der Waals surface area contributed by atoms with Gasteiger partial charge < -0.3 is 10.2 Å². The maximum atomic E-state index is 5.76. The van der Waals surface area contributed by atoms with Gasteiger partial charge in [0.15, 0.2) is 0 Å². The van der Waals surface area contributed by atoms with Crippen LogP contribution in [-0.4, -0.2) is 6.54 Å². The van der Waals surface area contributed by atoms with E-state index in [1.54, 1.807) is 0 Å². The van der Waals surface area contributed by atoms with Crippen molar-refractivity contribution < 1.29 is 4.42 Å². The first-order valence-electron chi connectivity index (χ1n) is 5.25. The van der Waals surface area contributed by atoms with E-state index in [4.69, 9.17) is 10.2 Å². The molecule has 1 heterocycles. The zero-order valence-corrected chi connectivity index (χ0v) is 9.42. The molecule has 2 N–H and O–H groups in total. The summed E-state index contributed by atoms with van der Waals surface area (Å²) in [5.74, 6) is 3.30. The van der Waals surface area contributed by atoms with Crippen LogP contribution in [0.2, 0.25) is 0 Å². The van der Waals surface area contributed by atoms with Crippen LogP contribution in [0.3, 0.4) is 0 Å². The Bertz CT molecular complexity index is 351. The van der Waals surface area contributed by atoms with E-state index in [1.165, 1.54) is 5.56 Å². The summed E-state index contributed by atoms with van der Waals surface area (Å²) < 4.78 is 5.56. The summed E-state index contributed by atoms with van der Waals surface area (Å²) in [4.78, 5) is 0. The summed E-state index contributed by atoms with van der Waals surface area (Å²) in [6.45, 7) is 9.41. The molecule has 1 aromatic rings. The molecule has 1 aliphatic carbocycles. The van der Waals surface area contributed by atoms with Gasteiger partial charge in [0.05, 0.1) is 0 Å². The van der Waals surface area contributed by atoms with Gasteiger partial charge in [-0.25, -0.2) is 0 Å². The van der Waals surface area contributed by atoms with Gasteiger partial charge in [0.1, 0.15) is 11.5 Å². The van der Waals surface area contributed by atoms with Gasteiger partial charge in [-0.1, -0.05) is 13.8 Å². The normalized spacial score (nSPS) is 29.2. The average Bonchev–Trinajstić information content (AvgIpc) is 2.46. The number of furan rings is 1. The zero-order valence-electron chi connectivity index (χ0n) is 9.42. The molecule has 0 saturated heterocycles. The molecule has 2 nitrogen and oxygen atoms in total. The summed E-state index contributed by atoms with van der Waals surface area (Å²) in [5, 5.41) is 0. The Kier molecular flexibility index (Phi) is 2.00. The molecule has 1 fully saturated rings. The molecule has 78 valence electrons. The van der Waals surface area contributed by atoms with Crippen molar-refractivity contribution in [3.63, 3.8) is 0 Å². The van der Waals surface area contributed by atoms with Gasteiger partial charge in [-0.3, -0.25) is 0 Å². The van der Waals surface area contributed by atoms with E-state index in [2.05, 4.69) is 19.9 Å². The summed E-state index contributed by atoms with van der Waals surface area (Å²) in [5.41, 5.74) is 7.48. The third-order valence-electron chi connectivity index (χ3n) is 3.72. The Balaban J connectivity index is 2.30. The molecule has 0 unspecified atom stereocenters. The van der Waals surface area contributed by atoms with E-state index >= 15 is 0 Å². The maximum absolute atomic E-state index is 5.76. The molecule has 0 aliphatic heterocycles. The average molecular weight is 193 g/mol. The quantitative estimate of drug-likeness (QED) is 0.784. The minimum Gasteiger partial charge on any atom is -0.466 e. The van der Waals surface area contributed by atoms with Crippen LogP contribution in [0.25, 0.3) is 0 Å². The van der Waals surface area contributed by atoms with Crippen LogP contribution in [0.5, 0.6) is 0 Å². The minimum absolute atomic E-state index is 0.357. The maximum Gasteiger partial charge on any atom is 0.104 e. The van der Waals surface area contributed by atoms with Gasteiger partial charge in [0.2, 0.25) is 0 Å². The number of nitrogens with two attached hydrogens (primary N) is 1. The van der Waals surface area contributed by atoms with E-state index < -0.39 is 0 Å². The fourth-order valence-electron chi connectivity index (χ4n) is 2.76. The van der Waals surface area contributed by atoms with Crippen molar-refractivity contribution in [2.75, 3.05) is 6.54 Å². The van der Waals surface area contributed by atoms with Crippen molar-refractivity contribution >= 4 is 0 Å². The Labute approximate surface area is 85.5 Å². The first-order chi connectivity index (χ1) is 6.48. The molecule has 0 radical (unpaired) electrons. The highest BCUT2D eigenvalue weighted by atomic mass is 16.3. The molecule has 1 saturated carbocycles. The predicted molar refractivity (Wildman–Crippen MR) is 57.2 cm³/mol. The number of aryl methyl sites for hydroxylation is 2. The molecule has 2 rings (SSSR count). The van der Waals surface area contributed by atoms with Gasteiger partial charge >= 0.3 is 0 Å². The summed E-state index contributed by atoms with van der Waals surface area (Å²) in [6, 6.07) is 2.16. The van der Waals surface area contributed by atoms with Gasteiger partial charge in [-0.15, -0.1) is 0 Å². The predicted octanol–water partition coefficient (Wildman–Crippen LogP) is 2.59. The van der Waals surface area contributed by atoms with Gasteiger partial charge in [-0.2, -0.15) is 0 Å². The van der Waals surface area contributed by atoms with Crippen LogP contribution in [0, 0.1) is 25.2 Å². The monoisotopic (exact) mass is 193 g/mol. The first kappa shape index (κ1) is 9.78. The largest absolute Gasteiger partial charge is 0.466 e. The summed E-state index contributed by atoms with van der Waals surface area (Å²) in [7, 11) is 0. The van der Waals surface area contributed by atoms with Crippen molar-refractivity contribution in [2.24, 2.45) is 17.1 Å². The van der Waals surface area contributed by atoms with Crippen LogP contribution < -0.4 is 5.73 Å². The molecular formula is C12H19NO. The third-order valence-corrected chi connectivity index (χ3v) is 3.72. The topological polar surface area (TPSA) is 39.2 Å². The summed E-state index contributed by atoms with van der Waals surface area (Å²) >= 11 is 0. The second kappa shape index (κ2) is 2.86. The second-order valence-corrected chi connectivity index (χ2v) is 5.01. The lowest BCUT2D eigenvalue weighted by molar-refractivity contribution is 0.498. The second-order valence-electron chi connectivity index (χ2n) is 5.01. The van der Waals surface area contributed by atoms with Crippen molar-refractivity contribution in [3.8, 4) is 0 Å². The highest BCUT2D eigenvalue weighted by molar-refractivity contribution is 5.35. The van der Waals surface area contributed by atoms with Gasteiger partial charge in [0, 0.05) is 0 Å². The standard InChI is InChI=1S/C12H19NO/c1-7-5-9(8(2)14-7)11-10(6-13)12(11,3)4/h5,10-11H,6,13H2,1-4H3/t10-,11-/m0/s1. The van der Waals surface area contributed by atoms with Crippen LogP contribution >= 0.6 is 0 Å². The van der Waals surface area contributed by atoms with Gasteiger partial charge in [-0.05, 0) is 49.3 Å². The van der Waals surface area contributed by atoms with Crippen molar-refractivity contribution in [2.45, 2.75) is 33.6 Å². The number of rotatable bonds is 2. The Hall–Kier alpha value is -0.760. The Morgan fingerprint density at radius 1 is 1.43 bits per heavy atom. The lowest BCUT2D eigenvalue weighted by Crippen LogP contribution is -2.05. The first-order valence-corrected chi connectivity index (χ1v) is 5.25. The van der Waals surface area contributed by atoms with Crippen LogP contribution in [0.4, 0.5) is 0 Å². The smallest absolute Gasteiger partial charge is 0.104 e. The highest BCUT2D eigenvalue weighted by Gasteiger charge is 2.58. The summed E-state index contributed by atoms with van der Waals surface area (Å²) in [6.07, 6.45) is 0. The molecule has 14 heavy (non-hydrogen) atoms. The van der Waals surface area contributed by atoms with E-state index in [0.29, 0.717) is 17.3 Å². The zero-order chi connectivity index (χ0) is 10.5. The van der Waals surface area contributed by atoms with E-state index in [9.17, 15) is 0 Å². The molecule has 1 aromatic heterocycles. The van der Waals surface area contributed by atoms with Crippen LogP contribution in [0.15, 0.2) is 10.5 Å². The van der Waals surface area contributed by atoms with Crippen molar-refractivity contribution in [3.05, 3.63) is 23.2 Å². The van der Waals surface area contributed by atoms with Crippen LogP contribution in [-0.2, 0) is 0 Å². The molecule has 0 bridgehead atoms. The van der Waals surface area contributed by atoms with Crippen molar-refractivity contribution in [1.29, 1.82) is 0 Å². The SMILES string of the molecule is Cc1cc([C@H]2[C@H](CN)C2(C)C)c(C)o1. The molecule has 0 amide bonds. The van der Waals surface area contributed by atoms with E-state index in [-0.39, 0.29) is 0 Å². The van der Waals surface area contributed by atoms with Crippen molar-refractivity contribution in [1.82, 2.24) is 0 Å². The molecule has 2 atom stereocenters. The van der Waals surface area contributed by atoms with Gasteiger partial charge in [0.25, 0.3) is 0 Å². The van der Waals surface area contributed by atoms with E-state index in [1.807, 2.05) is 13.8 Å². The molecule has 0 aromatic carbocycles. The minimum atomic E-state index is 0.357. The third kappa shape index (κ3) is 1.21. The molecule has 2 heteroatoms.